The number of hydrogen-bond acceptors (Lipinski definition) is 6. The van der Waals surface area contributed by atoms with Crippen LogP contribution in [-0.4, -0.2) is 37.2 Å². The number of unbranched alkanes of at least 4 members (excludes halogenated alkanes) is 24. The summed E-state index contributed by atoms with van der Waals surface area (Å²) in [6.45, 7) is 6.44. The monoisotopic (exact) mass is 839 g/mol. The lowest BCUT2D eigenvalue weighted by Crippen LogP contribution is -2.30. The lowest BCUT2D eigenvalue weighted by atomic mass is 10.1. The third kappa shape index (κ3) is 46.2. The van der Waals surface area contributed by atoms with Crippen LogP contribution in [0, 0.1) is 0 Å². The summed E-state index contributed by atoms with van der Waals surface area (Å²) in [6, 6.07) is 0. The van der Waals surface area contributed by atoms with Crippen LogP contribution in [0.5, 0.6) is 0 Å². The van der Waals surface area contributed by atoms with Crippen LogP contribution in [0.25, 0.3) is 0 Å². The van der Waals surface area contributed by atoms with Gasteiger partial charge in [0.2, 0.25) is 0 Å². The molecule has 1 atom stereocenters. The Morgan fingerprint density at radius 3 is 1.05 bits per heavy atom. The SMILES string of the molecule is CC/C=C\C/C=C\C/C=C\CCCCCCCCCC(=O)OC(COC(=O)CCCCCCCC)COC(=O)CCCCCCCCCCC/C=C\C/C=C\CCCCC. The predicted molar refractivity (Wildman–Crippen MR) is 256 cm³/mol. The first-order chi connectivity index (χ1) is 29.5. The second-order valence-electron chi connectivity index (χ2n) is 16.7. The average molecular weight is 839 g/mol. The van der Waals surface area contributed by atoms with Crippen LogP contribution in [0.3, 0.4) is 0 Å². The van der Waals surface area contributed by atoms with E-state index in [-0.39, 0.29) is 31.1 Å². The first kappa shape index (κ1) is 57.1. The minimum atomic E-state index is -0.777. The molecule has 346 valence electrons. The predicted octanol–water partition coefficient (Wildman–Crippen LogP) is 16.5. The Labute approximate surface area is 370 Å². The number of esters is 3. The Bertz CT molecular complexity index is 1100. The highest BCUT2D eigenvalue weighted by molar-refractivity contribution is 5.71. The highest BCUT2D eigenvalue weighted by Gasteiger charge is 2.19. The summed E-state index contributed by atoms with van der Waals surface area (Å²) in [4.78, 5) is 37.7. The van der Waals surface area contributed by atoms with Crippen molar-refractivity contribution in [1.29, 1.82) is 0 Å². The molecule has 0 spiro atoms. The van der Waals surface area contributed by atoms with Gasteiger partial charge in [0.1, 0.15) is 13.2 Å². The van der Waals surface area contributed by atoms with Crippen LogP contribution >= 0.6 is 0 Å². The molecule has 6 nitrogen and oxygen atoms in total. The van der Waals surface area contributed by atoms with E-state index in [4.69, 9.17) is 14.2 Å². The van der Waals surface area contributed by atoms with Crippen molar-refractivity contribution in [3.05, 3.63) is 60.8 Å². The molecule has 0 bridgehead atoms. The Kier molecular flexibility index (Phi) is 46.4. The van der Waals surface area contributed by atoms with Gasteiger partial charge < -0.3 is 14.2 Å². The lowest BCUT2D eigenvalue weighted by molar-refractivity contribution is -0.167. The fourth-order valence-electron chi connectivity index (χ4n) is 6.96. The minimum absolute atomic E-state index is 0.0796. The van der Waals surface area contributed by atoms with Gasteiger partial charge in [-0.15, -0.1) is 0 Å². The third-order valence-corrected chi connectivity index (χ3v) is 10.8. The third-order valence-electron chi connectivity index (χ3n) is 10.8. The molecule has 60 heavy (non-hydrogen) atoms. The molecule has 0 aromatic heterocycles. The van der Waals surface area contributed by atoms with Crippen molar-refractivity contribution in [2.24, 2.45) is 0 Å². The van der Waals surface area contributed by atoms with Gasteiger partial charge in [-0.1, -0.05) is 204 Å². The molecular weight excluding hydrogens is 745 g/mol. The highest BCUT2D eigenvalue weighted by atomic mass is 16.6. The van der Waals surface area contributed by atoms with E-state index in [9.17, 15) is 14.4 Å². The fraction of sp³-hybridized carbons (Fsp3) is 0.759. The van der Waals surface area contributed by atoms with Crippen LogP contribution in [0.2, 0.25) is 0 Å². The molecule has 1 unspecified atom stereocenters. The molecule has 0 rings (SSSR count). The summed E-state index contributed by atoms with van der Waals surface area (Å²) in [5, 5.41) is 0. The fourth-order valence-corrected chi connectivity index (χ4v) is 6.96. The van der Waals surface area contributed by atoms with E-state index in [1.54, 1.807) is 0 Å². The van der Waals surface area contributed by atoms with E-state index >= 15 is 0 Å². The molecule has 0 aromatic carbocycles. The molecule has 0 saturated heterocycles. The van der Waals surface area contributed by atoms with E-state index in [0.29, 0.717) is 19.3 Å². The zero-order chi connectivity index (χ0) is 43.7. The van der Waals surface area contributed by atoms with Gasteiger partial charge in [0.05, 0.1) is 0 Å². The van der Waals surface area contributed by atoms with Crippen molar-refractivity contribution in [1.82, 2.24) is 0 Å². The van der Waals surface area contributed by atoms with Crippen LogP contribution in [0.1, 0.15) is 245 Å². The molecule has 0 aromatic rings. The molecule has 0 aliphatic heterocycles. The summed E-state index contributed by atoms with van der Waals surface area (Å²) in [5.74, 6) is -0.901. The maximum atomic E-state index is 12.7. The van der Waals surface area contributed by atoms with Crippen molar-refractivity contribution < 1.29 is 28.6 Å². The van der Waals surface area contributed by atoms with Gasteiger partial charge in [-0.3, -0.25) is 14.4 Å². The van der Waals surface area contributed by atoms with E-state index in [0.717, 1.165) is 89.9 Å². The van der Waals surface area contributed by atoms with Crippen LogP contribution < -0.4 is 0 Å². The van der Waals surface area contributed by atoms with Crippen LogP contribution in [0.15, 0.2) is 60.8 Å². The van der Waals surface area contributed by atoms with E-state index < -0.39 is 6.10 Å². The molecule has 0 aliphatic carbocycles. The normalized spacial score (nSPS) is 12.5. The average Bonchev–Trinajstić information content (AvgIpc) is 3.24. The first-order valence-corrected chi connectivity index (χ1v) is 25.3. The number of rotatable bonds is 45. The van der Waals surface area contributed by atoms with E-state index in [1.807, 2.05) is 0 Å². The number of hydrogen-bond donors (Lipinski definition) is 0. The van der Waals surface area contributed by atoms with Crippen LogP contribution in [-0.2, 0) is 28.6 Å². The number of ether oxygens (including phenoxy) is 3. The molecule has 0 heterocycles. The zero-order valence-corrected chi connectivity index (χ0v) is 39.5. The van der Waals surface area contributed by atoms with Crippen molar-refractivity contribution >= 4 is 17.9 Å². The Hall–Kier alpha value is -2.89. The molecule has 0 fully saturated rings. The van der Waals surface area contributed by atoms with Gasteiger partial charge in [0.15, 0.2) is 6.10 Å². The van der Waals surface area contributed by atoms with Gasteiger partial charge in [-0.2, -0.15) is 0 Å². The van der Waals surface area contributed by atoms with Crippen molar-refractivity contribution in [3.63, 3.8) is 0 Å². The Morgan fingerprint density at radius 1 is 0.350 bits per heavy atom. The molecule has 0 saturated carbocycles. The standard InChI is InChI=1S/C54H94O6/c1-4-7-10-13-16-18-20-22-24-26-27-29-30-32-34-36-38-41-44-47-53(56)59-50-51(49-58-52(55)46-43-40-15-12-9-6-3)60-54(57)48-45-42-39-37-35-33-31-28-25-23-21-19-17-14-11-8-5-2/h8,11,16-19,22-25,51H,4-7,9-10,12-15,20-21,26-50H2,1-3H3/b11-8-,18-16-,19-17-,24-22-,25-23-. The van der Waals surface area contributed by atoms with Gasteiger partial charge in [-0.05, 0) is 83.5 Å². The quantitative estimate of drug-likeness (QED) is 0.0263. The van der Waals surface area contributed by atoms with E-state index in [2.05, 4.69) is 81.5 Å². The van der Waals surface area contributed by atoms with Crippen molar-refractivity contribution in [3.8, 4) is 0 Å². The maximum Gasteiger partial charge on any atom is 0.306 e. The minimum Gasteiger partial charge on any atom is -0.462 e. The summed E-state index contributed by atoms with van der Waals surface area (Å²) in [6.07, 6.45) is 59.4. The number of carbonyl (C=O) groups is 3. The number of carbonyl (C=O) groups excluding carboxylic acids is 3. The molecule has 6 heteroatoms. The molecular formula is C54H94O6. The summed E-state index contributed by atoms with van der Waals surface area (Å²) < 4.78 is 16.7. The topological polar surface area (TPSA) is 78.9 Å². The largest absolute Gasteiger partial charge is 0.462 e. The van der Waals surface area contributed by atoms with Crippen molar-refractivity contribution in [2.45, 2.75) is 252 Å². The van der Waals surface area contributed by atoms with Crippen molar-refractivity contribution in [2.75, 3.05) is 13.2 Å². The number of allylic oxidation sites excluding steroid dienone is 10. The van der Waals surface area contributed by atoms with Gasteiger partial charge in [-0.25, -0.2) is 0 Å². The lowest BCUT2D eigenvalue weighted by Gasteiger charge is -2.18. The smallest absolute Gasteiger partial charge is 0.306 e. The van der Waals surface area contributed by atoms with Gasteiger partial charge in [0.25, 0.3) is 0 Å². The van der Waals surface area contributed by atoms with Gasteiger partial charge >= 0.3 is 17.9 Å². The second-order valence-corrected chi connectivity index (χ2v) is 16.7. The van der Waals surface area contributed by atoms with E-state index in [1.165, 1.54) is 116 Å². The highest BCUT2D eigenvalue weighted by Crippen LogP contribution is 2.14. The van der Waals surface area contributed by atoms with Gasteiger partial charge in [0, 0.05) is 19.3 Å². The summed E-state index contributed by atoms with van der Waals surface area (Å²) in [7, 11) is 0. The maximum absolute atomic E-state index is 12.7. The molecule has 0 amide bonds. The first-order valence-electron chi connectivity index (χ1n) is 25.3. The molecule has 0 N–H and O–H groups in total. The Balaban J connectivity index is 4.23. The zero-order valence-electron chi connectivity index (χ0n) is 39.5. The Morgan fingerprint density at radius 2 is 0.650 bits per heavy atom. The summed E-state index contributed by atoms with van der Waals surface area (Å²) in [5.41, 5.74) is 0. The molecule has 0 radical (unpaired) electrons. The summed E-state index contributed by atoms with van der Waals surface area (Å²) >= 11 is 0. The van der Waals surface area contributed by atoms with Crippen LogP contribution in [0.4, 0.5) is 0 Å². The molecule has 0 aliphatic rings. The second kappa shape index (κ2) is 48.8.